The van der Waals surface area contributed by atoms with Crippen LogP contribution in [-0.2, 0) is 0 Å². The first-order valence-electron chi connectivity index (χ1n) is 10.3. The Morgan fingerprint density at radius 3 is 2.47 bits per heavy atom. The zero-order chi connectivity index (χ0) is 20.2. The highest BCUT2D eigenvalue weighted by molar-refractivity contribution is 14.0. The molecule has 2 N–H and O–H groups in total. The Balaban J connectivity index is 0.00000320. The fraction of sp³-hybridized carbons (Fsp3) is 0.476. The fourth-order valence-corrected chi connectivity index (χ4v) is 3.92. The average Bonchev–Trinajstić information content (AvgIpc) is 2.78. The first kappa shape index (κ1) is 24.7. The van der Waals surface area contributed by atoms with Crippen molar-refractivity contribution in [3.05, 3.63) is 48.8 Å². The molecule has 1 aromatic carbocycles. The second kappa shape index (κ2) is 14.4. The number of guanidine groups is 1. The number of nitrogens with one attached hydrogen (secondary N) is 2. The third-order valence-electron chi connectivity index (χ3n) is 4.64. The van der Waals surface area contributed by atoms with E-state index in [4.69, 9.17) is 4.99 Å². The van der Waals surface area contributed by atoms with E-state index in [9.17, 15) is 0 Å². The molecule has 30 heavy (non-hydrogen) atoms. The number of piperazine rings is 1. The molecule has 2 heterocycles. The Morgan fingerprint density at radius 1 is 1.03 bits per heavy atom. The van der Waals surface area contributed by atoms with Crippen LogP contribution < -0.4 is 15.5 Å². The monoisotopic (exact) mass is 541 g/mol. The van der Waals surface area contributed by atoms with Crippen LogP contribution in [0.3, 0.4) is 0 Å². The van der Waals surface area contributed by atoms with E-state index in [1.165, 1.54) is 4.90 Å². The smallest absolute Gasteiger partial charge is 0.225 e. The van der Waals surface area contributed by atoms with Gasteiger partial charge in [0.2, 0.25) is 5.95 Å². The zero-order valence-electron chi connectivity index (χ0n) is 17.5. The number of aliphatic imine (C=N–C) groups is 1. The highest BCUT2D eigenvalue weighted by Gasteiger charge is 2.18. The second-order valence-electron chi connectivity index (χ2n) is 6.73. The fourth-order valence-electron chi connectivity index (χ4n) is 3.13. The molecule has 1 fully saturated rings. The van der Waals surface area contributed by atoms with E-state index in [1.54, 1.807) is 12.4 Å². The molecular weight excluding hydrogens is 509 g/mol. The molecule has 0 amide bonds. The lowest BCUT2D eigenvalue weighted by molar-refractivity contribution is 0.263. The van der Waals surface area contributed by atoms with Crippen LogP contribution in [0.1, 0.15) is 6.92 Å². The van der Waals surface area contributed by atoms with Gasteiger partial charge in [-0.2, -0.15) is 0 Å². The number of hydrogen-bond donors (Lipinski definition) is 2. The minimum Gasteiger partial charge on any atom is -0.357 e. The van der Waals surface area contributed by atoms with Gasteiger partial charge in [-0.15, -0.1) is 35.7 Å². The van der Waals surface area contributed by atoms with Crippen LogP contribution in [0.15, 0.2) is 58.7 Å². The highest BCUT2D eigenvalue weighted by Crippen LogP contribution is 2.15. The van der Waals surface area contributed by atoms with Gasteiger partial charge in [0.05, 0.1) is 6.54 Å². The minimum absolute atomic E-state index is 0. The summed E-state index contributed by atoms with van der Waals surface area (Å²) in [5.74, 6) is 2.74. The number of hydrogen-bond acceptors (Lipinski definition) is 6. The first-order valence-corrected chi connectivity index (χ1v) is 11.3. The molecule has 1 aromatic heterocycles. The largest absolute Gasteiger partial charge is 0.357 e. The van der Waals surface area contributed by atoms with Gasteiger partial charge in [-0.3, -0.25) is 9.89 Å². The van der Waals surface area contributed by atoms with Crippen molar-refractivity contribution in [2.24, 2.45) is 4.99 Å². The van der Waals surface area contributed by atoms with Crippen LogP contribution in [0.4, 0.5) is 5.95 Å². The summed E-state index contributed by atoms with van der Waals surface area (Å²) < 4.78 is 0. The summed E-state index contributed by atoms with van der Waals surface area (Å²) in [6, 6.07) is 12.4. The maximum atomic E-state index is 4.73. The molecule has 3 rings (SSSR count). The molecule has 0 spiro atoms. The predicted octanol–water partition coefficient (Wildman–Crippen LogP) is 2.56. The minimum atomic E-state index is 0. The molecule has 9 heteroatoms. The number of nitrogens with zero attached hydrogens (tertiary/aromatic N) is 5. The summed E-state index contributed by atoms with van der Waals surface area (Å²) in [5, 5.41) is 6.77. The van der Waals surface area contributed by atoms with E-state index < -0.39 is 0 Å². The van der Waals surface area contributed by atoms with Crippen molar-refractivity contribution in [2.45, 2.75) is 11.8 Å². The lowest BCUT2D eigenvalue weighted by atomic mass is 10.3. The molecular formula is C21H32IN7S. The zero-order valence-corrected chi connectivity index (χ0v) is 20.7. The van der Waals surface area contributed by atoms with Crippen LogP contribution in [0.5, 0.6) is 0 Å². The Kier molecular flexibility index (Phi) is 11.9. The van der Waals surface area contributed by atoms with E-state index in [1.807, 2.05) is 23.9 Å². The van der Waals surface area contributed by atoms with Gasteiger partial charge < -0.3 is 15.5 Å². The Labute approximate surface area is 201 Å². The van der Waals surface area contributed by atoms with E-state index in [-0.39, 0.29) is 24.0 Å². The molecule has 0 atom stereocenters. The molecule has 1 aliphatic heterocycles. The van der Waals surface area contributed by atoms with Gasteiger partial charge in [-0.05, 0) is 25.1 Å². The summed E-state index contributed by atoms with van der Waals surface area (Å²) in [5.41, 5.74) is 0. The molecule has 7 nitrogen and oxygen atoms in total. The molecule has 0 bridgehead atoms. The first-order chi connectivity index (χ1) is 14.3. The van der Waals surface area contributed by atoms with Crippen molar-refractivity contribution in [1.82, 2.24) is 25.5 Å². The van der Waals surface area contributed by atoms with Crippen LogP contribution in [0, 0.1) is 0 Å². The van der Waals surface area contributed by atoms with Crippen molar-refractivity contribution < 1.29 is 0 Å². The molecule has 0 radical (unpaired) electrons. The van der Waals surface area contributed by atoms with Gasteiger partial charge in [0.25, 0.3) is 0 Å². The van der Waals surface area contributed by atoms with Gasteiger partial charge in [0.1, 0.15) is 0 Å². The van der Waals surface area contributed by atoms with Crippen LogP contribution in [-0.4, -0.2) is 78.9 Å². The summed E-state index contributed by atoms with van der Waals surface area (Å²) in [6.45, 7) is 9.58. The molecule has 1 aliphatic rings. The SMILES string of the molecule is CCNC(=NCCN1CCN(c2ncccn2)CC1)NCCSc1ccccc1.I. The summed E-state index contributed by atoms with van der Waals surface area (Å²) in [7, 11) is 0. The van der Waals surface area contributed by atoms with Crippen molar-refractivity contribution >= 4 is 47.6 Å². The molecule has 1 saturated heterocycles. The number of benzene rings is 1. The molecule has 164 valence electrons. The average molecular weight is 542 g/mol. The number of halogens is 1. The number of thioether (sulfide) groups is 1. The van der Waals surface area contributed by atoms with Crippen LogP contribution >= 0.6 is 35.7 Å². The third-order valence-corrected chi connectivity index (χ3v) is 5.66. The van der Waals surface area contributed by atoms with Crippen LogP contribution in [0.25, 0.3) is 0 Å². The topological polar surface area (TPSA) is 68.7 Å². The third kappa shape index (κ3) is 8.65. The summed E-state index contributed by atoms with van der Waals surface area (Å²) in [4.78, 5) is 19.4. The maximum absolute atomic E-state index is 4.73. The summed E-state index contributed by atoms with van der Waals surface area (Å²) in [6.07, 6.45) is 3.61. The predicted molar refractivity (Wildman–Crippen MR) is 137 cm³/mol. The van der Waals surface area contributed by atoms with Crippen molar-refractivity contribution in [3.8, 4) is 0 Å². The van der Waals surface area contributed by atoms with E-state index in [0.717, 1.165) is 70.0 Å². The van der Waals surface area contributed by atoms with Gasteiger partial charge in [-0.25, -0.2) is 9.97 Å². The quantitative estimate of drug-likeness (QED) is 0.166. The number of anilines is 1. The van der Waals surface area contributed by atoms with Gasteiger partial charge in [0.15, 0.2) is 5.96 Å². The lowest BCUT2D eigenvalue weighted by Gasteiger charge is -2.34. The highest BCUT2D eigenvalue weighted by atomic mass is 127. The van der Waals surface area contributed by atoms with Crippen molar-refractivity contribution in [3.63, 3.8) is 0 Å². The van der Waals surface area contributed by atoms with Gasteiger partial charge >= 0.3 is 0 Å². The second-order valence-corrected chi connectivity index (χ2v) is 7.89. The summed E-state index contributed by atoms with van der Waals surface area (Å²) >= 11 is 1.86. The Bertz CT molecular complexity index is 725. The molecule has 0 saturated carbocycles. The maximum Gasteiger partial charge on any atom is 0.225 e. The molecule has 0 aliphatic carbocycles. The molecule has 0 unspecified atom stereocenters. The lowest BCUT2D eigenvalue weighted by Crippen LogP contribution is -2.47. The van der Waals surface area contributed by atoms with E-state index >= 15 is 0 Å². The van der Waals surface area contributed by atoms with Crippen molar-refractivity contribution in [1.29, 1.82) is 0 Å². The standard InChI is InChI=1S/C21H31N7S.HI/c1-2-22-20(24-12-18-29-19-7-4-3-5-8-19)23-11-13-27-14-16-28(17-15-27)21-25-9-6-10-26-21;/h3-10H,2,11-18H2,1H3,(H2,22,23,24);1H. The Morgan fingerprint density at radius 2 is 1.77 bits per heavy atom. The van der Waals surface area contributed by atoms with E-state index in [0.29, 0.717) is 0 Å². The molecule has 2 aromatic rings. The number of aromatic nitrogens is 2. The normalized spacial score (nSPS) is 14.8. The number of rotatable bonds is 9. The van der Waals surface area contributed by atoms with E-state index in [2.05, 4.69) is 61.6 Å². The van der Waals surface area contributed by atoms with Crippen molar-refractivity contribution in [2.75, 3.05) is 63.0 Å². The van der Waals surface area contributed by atoms with Crippen LogP contribution in [0.2, 0.25) is 0 Å². The van der Waals surface area contributed by atoms with Gasteiger partial charge in [-0.1, -0.05) is 18.2 Å². The van der Waals surface area contributed by atoms with Gasteiger partial charge in [0, 0.05) is 68.9 Å². The Hall–Kier alpha value is -1.59.